The van der Waals surface area contributed by atoms with Crippen molar-refractivity contribution in [1.82, 2.24) is 19.8 Å². The zero-order valence-electron chi connectivity index (χ0n) is 22.0. The SMILES string of the molecule is COc1ccc(-n2cccc2[C@@H]2[C@H](c3ccccn3)NC(=S)N2CCC(=O)Nc2cccc3ccccc23)cc1. The minimum absolute atomic E-state index is 0.0651. The van der Waals surface area contributed by atoms with E-state index < -0.39 is 0 Å². The number of benzene rings is 3. The Bertz CT molecular complexity index is 1650. The Balaban J connectivity index is 1.28. The predicted molar refractivity (Wildman–Crippen MR) is 162 cm³/mol. The number of fused-ring (bicyclic) bond motifs is 1. The van der Waals surface area contributed by atoms with Gasteiger partial charge in [-0.05, 0) is 72.2 Å². The number of anilines is 1. The molecule has 200 valence electrons. The van der Waals surface area contributed by atoms with Gasteiger partial charge >= 0.3 is 0 Å². The van der Waals surface area contributed by atoms with Crippen molar-refractivity contribution in [2.24, 2.45) is 0 Å². The van der Waals surface area contributed by atoms with Gasteiger partial charge in [0.15, 0.2) is 5.11 Å². The second-order valence-electron chi connectivity index (χ2n) is 9.65. The van der Waals surface area contributed by atoms with E-state index in [-0.39, 0.29) is 24.4 Å². The van der Waals surface area contributed by atoms with Crippen molar-refractivity contribution in [3.05, 3.63) is 121 Å². The minimum atomic E-state index is -0.179. The maximum atomic E-state index is 13.2. The van der Waals surface area contributed by atoms with Crippen LogP contribution in [-0.2, 0) is 4.79 Å². The number of hydrogen-bond acceptors (Lipinski definition) is 4. The number of nitrogens with one attached hydrogen (secondary N) is 2. The number of nitrogens with zero attached hydrogens (tertiary/aromatic N) is 3. The summed E-state index contributed by atoms with van der Waals surface area (Å²) in [5.74, 6) is 0.732. The number of rotatable bonds is 8. The van der Waals surface area contributed by atoms with E-state index in [0.29, 0.717) is 11.7 Å². The van der Waals surface area contributed by atoms with E-state index in [1.165, 1.54) is 0 Å². The van der Waals surface area contributed by atoms with Gasteiger partial charge < -0.3 is 24.8 Å². The van der Waals surface area contributed by atoms with E-state index in [9.17, 15) is 4.79 Å². The minimum Gasteiger partial charge on any atom is -0.497 e. The van der Waals surface area contributed by atoms with E-state index in [1.807, 2.05) is 97.2 Å². The van der Waals surface area contributed by atoms with E-state index in [4.69, 9.17) is 17.0 Å². The predicted octanol–water partition coefficient (Wildman–Crippen LogP) is 6.04. The van der Waals surface area contributed by atoms with Crippen LogP contribution in [0.4, 0.5) is 5.69 Å². The molecule has 2 aromatic heterocycles. The molecule has 1 aliphatic heterocycles. The molecular weight excluding hydrogens is 518 g/mol. The van der Waals surface area contributed by atoms with Crippen LogP contribution in [0.25, 0.3) is 16.5 Å². The summed E-state index contributed by atoms with van der Waals surface area (Å²) in [4.78, 5) is 19.9. The lowest BCUT2D eigenvalue weighted by molar-refractivity contribution is -0.116. The van der Waals surface area contributed by atoms with Crippen molar-refractivity contribution in [2.75, 3.05) is 19.0 Å². The Hall–Kier alpha value is -4.69. The molecule has 3 heterocycles. The van der Waals surface area contributed by atoms with Crippen molar-refractivity contribution in [2.45, 2.75) is 18.5 Å². The normalized spacial score (nSPS) is 16.6. The number of amides is 1. The van der Waals surface area contributed by atoms with Crippen molar-refractivity contribution >= 4 is 39.7 Å². The third kappa shape index (κ3) is 5.01. The Morgan fingerprint density at radius 3 is 2.58 bits per heavy atom. The van der Waals surface area contributed by atoms with E-state index >= 15 is 0 Å². The number of thiocarbonyl (C=S) groups is 1. The largest absolute Gasteiger partial charge is 0.497 e. The molecule has 40 heavy (non-hydrogen) atoms. The maximum absolute atomic E-state index is 13.2. The summed E-state index contributed by atoms with van der Waals surface area (Å²) < 4.78 is 7.50. The molecular formula is C32H29N5O2S. The first-order valence-electron chi connectivity index (χ1n) is 13.2. The second-order valence-corrected chi connectivity index (χ2v) is 10.0. The van der Waals surface area contributed by atoms with Crippen molar-refractivity contribution < 1.29 is 9.53 Å². The highest BCUT2D eigenvalue weighted by atomic mass is 32.1. The van der Waals surface area contributed by atoms with Gasteiger partial charge in [0.1, 0.15) is 5.75 Å². The first kappa shape index (κ1) is 25.6. The maximum Gasteiger partial charge on any atom is 0.226 e. The number of carbonyl (C=O) groups excluding carboxylic acids is 1. The van der Waals surface area contributed by atoms with Crippen LogP contribution >= 0.6 is 12.2 Å². The average molecular weight is 548 g/mol. The summed E-state index contributed by atoms with van der Waals surface area (Å²) in [5, 5.41) is 9.29. The van der Waals surface area contributed by atoms with Crippen LogP contribution in [0.15, 0.2) is 109 Å². The lowest BCUT2D eigenvalue weighted by Crippen LogP contribution is -2.33. The molecule has 0 saturated carbocycles. The summed E-state index contributed by atoms with van der Waals surface area (Å²) in [7, 11) is 1.66. The summed E-state index contributed by atoms with van der Waals surface area (Å²) in [5.41, 5.74) is 3.75. The van der Waals surface area contributed by atoms with Crippen molar-refractivity contribution in [1.29, 1.82) is 0 Å². The molecule has 0 aliphatic carbocycles. The molecule has 5 aromatic rings. The van der Waals surface area contributed by atoms with Crippen LogP contribution in [-0.4, -0.2) is 39.1 Å². The van der Waals surface area contributed by atoms with Gasteiger partial charge in [0.05, 0.1) is 24.9 Å². The molecule has 1 amide bonds. The van der Waals surface area contributed by atoms with Gasteiger partial charge in [-0.2, -0.15) is 0 Å². The van der Waals surface area contributed by atoms with Crippen molar-refractivity contribution in [3.8, 4) is 11.4 Å². The average Bonchev–Trinajstić information content (AvgIpc) is 3.61. The monoisotopic (exact) mass is 547 g/mol. The zero-order valence-corrected chi connectivity index (χ0v) is 22.8. The highest BCUT2D eigenvalue weighted by molar-refractivity contribution is 7.80. The van der Waals surface area contributed by atoms with E-state index in [2.05, 4.69) is 31.2 Å². The number of hydrogen-bond donors (Lipinski definition) is 2. The van der Waals surface area contributed by atoms with Gasteiger partial charge in [0, 0.05) is 47.8 Å². The van der Waals surface area contributed by atoms with Crippen molar-refractivity contribution in [3.63, 3.8) is 0 Å². The fourth-order valence-electron chi connectivity index (χ4n) is 5.35. The molecule has 0 bridgehead atoms. The quantitative estimate of drug-likeness (QED) is 0.231. The van der Waals surface area contributed by atoms with Crippen LogP contribution < -0.4 is 15.4 Å². The van der Waals surface area contributed by atoms with Gasteiger partial charge in [-0.25, -0.2) is 0 Å². The lowest BCUT2D eigenvalue weighted by Gasteiger charge is -2.29. The van der Waals surface area contributed by atoms with Gasteiger partial charge in [-0.15, -0.1) is 0 Å². The van der Waals surface area contributed by atoms with Crippen LogP contribution in [0, 0.1) is 0 Å². The van der Waals surface area contributed by atoms with Gasteiger partial charge in [0.2, 0.25) is 5.91 Å². The second kappa shape index (κ2) is 11.2. The Morgan fingerprint density at radius 1 is 0.975 bits per heavy atom. The van der Waals surface area contributed by atoms with Gasteiger partial charge in [-0.1, -0.05) is 42.5 Å². The lowest BCUT2D eigenvalue weighted by atomic mass is 10.0. The highest BCUT2D eigenvalue weighted by Crippen LogP contribution is 2.39. The third-order valence-corrected chi connectivity index (χ3v) is 7.63. The molecule has 1 fully saturated rings. The number of ether oxygens (including phenoxy) is 1. The van der Waals surface area contributed by atoms with Crippen LogP contribution in [0.5, 0.6) is 5.75 Å². The number of aromatic nitrogens is 2. The third-order valence-electron chi connectivity index (χ3n) is 7.28. The van der Waals surface area contributed by atoms with Crippen LogP contribution in [0.3, 0.4) is 0 Å². The zero-order chi connectivity index (χ0) is 27.5. The number of carbonyl (C=O) groups is 1. The molecule has 1 aliphatic rings. The van der Waals surface area contributed by atoms with Gasteiger partial charge in [-0.3, -0.25) is 9.78 Å². The van der Waals surface area contributed by atoms with E-state index in [1.54, 1.807) is 13.3 Å². The fourth-order valence-corrected chi connectivity index (χ4v) is 5.68. The topological polar surface area (TPSA) is 71.4 Å². The summed E-state index contributed by atoms with van der Waals surface area (Å²) in [6.07, 6.45) is 4.11. The molecule has 6 rings (SSSR count). The molecule has 7 nitrogen and oxygen atoms in total. The molecule has 1 saturated heterocycles. The molecule has 0 radical (unpaired) electrons. The fraction of sp³-hybridized carbons (Fsp3) is 0.156. The number of methoxy groups -OCH3 is 1. The highest BCUT2D eigenvalue weighted by Gasteiger charge is 2.41. The summed E-state index contributed by atoms with van der Waals surface area (Å²) in [6, 6.07) is 31.6. The summed E-state index contributed by atoms with van der Waals surface area (Å²) >= 11 is 5.84. The first-order valence-corrected chi connectivity index (χ1v) is 13.6. The van der Waals surface area contributed by atoms with E-state index in [0.717, 1.165) is 39.3 Å². The molecule has 3 aromatic carbocycles. The molecule has 0 spiro atoms. The Kier molecular flexibility index (Phi) is 7.16. The first-order chi connectivity index (χ1) is 19.6. The molecule has 2 N–H and O–H groups in total. The van der Waals surface area contributed by atoms with Gasteiger partial charge in [0.25, 0.3) is 0 Å². The standard InChI is InChI=1S/C32H29N5O2S/c1-39-24-16-14-23(15-17-24)36-20-7-13-28(36)31-30(27-11-4-5-19-33-27)35-32(40)37(31)21-18-29(38)34-26-12-6-9-22-8-2-3-10-25(22)26/h2-17,19-20,30-31H,18,21H2,1H3,(H,34,38)(H,35,40)/t30-,31+/m0/s1. The van der Waals surface area contributed by atoms with Crippen LogP contribution in [0.2, 0.25) is 0 Å². The van der Waals surface area contributed by atoms with Crippen LogP contribution in [0.1, 0.15) is 29.9 Å². The molecule has 8 heteroatoms. The smallest absolute Gasteiger partial charge is 0.226 e. The molecule has 0 unspecified atom stereocenters. The number of pyridine rings is 1. The summed E-state index contributed by atoms with van der Waals surface area (Å²) in [6.45, 7) is 0.449. The Labute approximate surface area is 238 Å². The molecule has 2 atom stereocenters. The Morgan fingerprint density at radius 2 is 1.77 bits per heavy atom.